The third-order valence-corrected chi connectivity index (χ3v) is 5.79. The van der Waals surface area contributed by atoms with E-state index in [4.69, 9.17) is 0 Å². The Morgan fingerprint density at radius 3 is 2.27 bits per heavy atom. The largest absolute Gasteiger partial charge is 0.344 e. The first-order valence-corrected chi connectivity index (χ1v) is 9.89. The van der Waals surface area contributed by atoms with Crippen molar-refractivity contribution in [1.82, 2.24) is 14.8 Å². The van der Waals surface area contributed by atoms with Gasteiger partial charge in [-0.3, -0.25) is 4.57 Å². The Kier molecular flexibility index (Phi) is 4.27. The van der Waals surface area contributed by atoms with Crippen LogP contribution >= 0.6 is 11.8 Å². The molecule has 26 heavy (non-hydrogen) atoms. The van der Waals surface area contributed by atoms with Crippen molar-refractivity contribution in [2.45, 2.75) is 44.9 Å². The zero-order chi connectivity index (χ0) is 18.3. The fraction of sp³-hybridized carbons (Fsp3) is 0.333. The maximum Gasteiger partial charge on any atom is 0.194 e. The Labute approximate surface area is 159 Å². The molecule has 1 aliphatic rings. The summed E-state index contributed by atoms with van der Waals surface area (Å²) in [4.78, 5) is 2.35. The molecule has 3 aromatic rings. The Balaban J connectivity index is 1.63. The lowest BCUT2D eigenvalue weighted by Gasteiger charge is -2.29. The van der Waals surface area contributed by atoms with E-state index in [1.807, 2.05) is 0 Å². The zero-order valence-electron chi connectivity index (χ0n) is 15.7. The summed E-state index contributed by atoms with van der Waals surface area (Å²) in [6.45, 7) is 9.59. The van der Waals surface area contributed by atoms with Gasteiger partial charge in [0, 0.05) is 11.3 Å². The van der Waals surface area contributed by atoms with E-state index < -0.39 is 0 Å². The van der Waals surface area contributed by atoms with Crippen LogP contribution in [0.3, 0.4) is 0 Å². The maximum absolute atomic E-state index is 4.47. The number of nitrogens with zero attached hydrogens (tertiary/aromatic N) is 4. The number of anilines is 1. The van der Waals surface area contributed by atoms with Crippen molar-refractivity contribution in [3.8, 4) is 11.4 Å². The predicted octanol–water partition coefficient (Wildman–Crippen LogP) is 5.08. The van der Waals surface area contributed by atoms with E-state index in [-0.39, 0.29) is 5.41 Å². The van der Waals surface area contributed by atoms with E-state index in [0.29, 0.717) is 0 Å². The average Bonchev–Trinajstić information content (AvgIpc) is 3.05. The SMILES string of the molecule is Cc1ccc(N2CSc3nnc(-c4ccc(C(C)(C)C)cc4)n3C2)cc1. The molecule has 4 nitrogen and oxygen atoms in total. The first-order valence-electron chi connectivity index (χ1n) is 8.90. The van der Waals surface area contributed by atoms with Gasteiger partial charge in [0.15, 0.2) is 11.0 Å². The molecular weight excluding hydrogens is 340 g/mol. The van der Waals surface area contributed by atoms with Crippen molar-refractivity contribution in [3.05, 3.63) is 59.7 Å². The second-order valence-electron chi connectivity index (χ2n) is 7.85. The van der Waals surface area contributed by atoms with Crippen molar-refractivity contribution in [1.29, 1.82) is 0 Å². The normalized spacial score (nSPS) is 14.4. The monoisotopic (exact) mass is 364 g/mol. The molecule has 1 aliphatic heterocycles. The van der Waals surface area contributed by atoms with Crippen LogP contribution in [-0.4, -0.2) is 20.6 Å². The second kappa shape index (κ2) is 6.47. The highest BCUT2D eigenvalue weighted by Gasteiger charge is 2.23. The molecule has 0 aliphatic carbocycles. The molecule has 134 valence electrons. The van der Waals surface area contributed by atoms with Gasteiger partial charge in [-0.15, -0.1) is 10.2 Å². The molecule has 0 saturated carbocycles. The molecule has 0 saturated heterocycles. The van der Waals surface area contributed by atoms with Gasteiger partial charge in [-0.05, 0) is 30.0 Å². The van der Waals surface area contributed by atoms with Gasteiger partial charge in [-0.25, -0.2) is 0 Å². The highest BCUT2D eigenvalue weighted by atomic mass is 32.2. The van der Waals surface area contributed by atoms with Crippen LogP contribution in [0.15, 0.2) is 53.7 Å². The molecular formula is C21H24N4S. The average molecular weight is 365 g/mol. The molecule has 2 heterocycles. The number of thioether (sulfide) groups is 1. The lowest BCUT2D eigenvalue weighted by molar-refractivity contribution is 0.590. The van der Waals surface area contributed by atoms with Gasteiger partial charge in [0.2, 0.25) is 0 Å². The second-order valence-corrected chi connectivity index (χ2v) is 8.76. The Morgan fingerprint density at radius 1 is 0.923 bits per heavy atom. The van der Waals surface area contributed by atoms with E-state index in [1.165, 1.54) is 16.8 Å². The van der Waals surface area contributed by atoms with Gasteiger partial charge >= 0.3 is 0 Å². The zero-order valence-corrected chi connectivity index (χ0v) is 16.5. The number of aromatic nitrogens is 3. The third kappa shape index (κ3) is 3.23. The quantitative estimate of drug-likeness (QED) is 0.635. The minimum absolute atomic E-state index is 0.154. The molecule has 0 atom stereocenters. The number of benzene rings is 2. The summed E-state index contributed by atoms with van der Waals surface area (Å²) in [7, 11) is 0. The Hall–Kier alpha value is -2.27. The van der Waals surface area contributed by atoms with Crippen molar-refractivity contribution >= 4 is 17.4 Å². The molecule has 2 aromatic carbocycles. The summed E-state index contributed by atoms with van der Waals surface area (Å²) in [5.74, 6) is 1.83. The smallest absolute Gasteiger partial charge is 0.194 e. The summed E-state index contributed by atoms with van der Waals surface area (Å²) in [5.41, 5.74) is 5.11. The van der Waals surface area contributed by atoms with Gasteiger partial charge in [0.05, 0.1) is 12.5 Å². The summed E-state index contributed by atoms with van der Waals surface area (Å²) >= 11 is 1.73. The summed E-state index contributed by atoms with van der Waals surface area (Å²) in [6, 6.07) is 17.4. The summed E-state index contributed by atoms with van der Waals surface area (Å²) < 4.78 is 2.21. The van der Waals surface area contributed by atoms with Gasteiger partial charge in [-0.2, -0.15) is 0 Å². The number of fused-ring (bicyclic) bond motifs is 1. The molecule has 5 heteroatoms. The van der Waals surface area contributed by atoms with E-state index in [0.717, 1.165) is 29.1 Å². The molecule has 0 fully saturated rings. The highest BCUT2D eigenvalue weighted by Crippen LogP contribution is 2.32. The van der Waals surface area contributed by atoms with Crippen LogP contribution in [0.5, 0.6) is 0 Å². The van der Waals surface area contributed by atoms with E-state index in [1.54, 1.807) is 11.8 Å². The molecule has 0 unspecified atom stereocenters. The van der Waals surface area contributed by atoms with Crippen LogP contribution in [0, 0.1) is 6.92 Å². The van der Waals surface area contributed by atoms with Crippen molar-refractivity contribution < 1.29 is 0 Å². The fourth-order valence-electron chi connectivity index (χ4n) is 3.11. The first kappa shape index (κ1) is 17.2. The molecule has 1 aromatic heterocycles. The third-order valence-electron chi connectivity index (χ3n) is 4.79. The van der Waals surface area contributed by atoms with Crippen LogP contribution in [-0.2, 0) is 12.1 Å². The van der Waals surface area contributed by atoms with E-state index in [2.05, 4.69) is 95.9 Å². The standard InChI is InChI=1S/C21H24N4S/c1-15-5-11-18(12-6-15)24-13-25-19(22-23-20(25)26-14-24)16-7-9-17(10-8-16)21(2,3)4/h5-12H,13-14H2,1-4H3. The van der Waals surface area contributed by atoms with E-state index in [9.17, 15) is 0 Å². The molecule has 0 N–H and O–H groups in total. The number of hydrogen-bond acceptors (Lipinski definition) is 4. The Bertz CT molecular complexity index is 905. The molecule has 0 amide bonds. The van der Waals surface area contributed by atoms with Crippen LogP contribution in [0.1, 0.15) is 31.9 Å². The number of aryl methyl sites for hydroxylation is 1. The van der Waals surface area contributed by atoms with Gasteiger partial charge in [0.25, 0.3) is 0 Å². The number of rotatable bonds is 2. The topological polar surface area (TPSA) is 34.0 Å². The molecule has 0 spiro atoms. The van der Waals surface area contributed by atoms with Crippen LogP contribution < -0.4 is 4.90 Å². The van der Waals surface area contributed by atoms with Crippen LogP contribution in [0.25, 0.3) is 11.4 Å². The van der Waals surface area contributed by atoms with Gasteiger partial charge in [-0.1, -0.05) is 74.5 Å². The molecule has 0 bridgehead atoms. The molecule has 0 radical (unpaired) electrons. The highest BCUT2D eigenvalue weighted by molar-refractivity contribution is 7.99. The summed E-state index contributed by atoms with van der Waals surface area (Å²) in [6.07, 6.45) is 0. The van der Waals surface area contributed by atoms with Crippen LogP contribution in [0.4, 0.5) is 5.69 Å². The lowest BCUT2D eigenvalue weighted by atomic mass is 9.87. The fourth-order valence-corrected chi connectivity index (χ4v) is 4.02. The number of hydrogen-bond donors (Lipinski definition) is 0. The van der Waals surface area contributed by atoms with Crippen molar-refractivity contribution in [2.75, 3.05) is 10.8 Å². The van der Waals surface area contributed by atoms with Gasteiger partial charge in [0.1, 0.15) is 0 Å². The van der Waals surface area contributed by atoms with Crippen molar-refractivity contribution in [2.24, 2.45) is 0 Å². The molecule has 4 rings (SSSR count). The van der Waals surface area contributed by atoms with Crippen molar-refractivity contribution in [3.63, 3.8) is 0 Å². The van der Waals surface area contributed by atoms with E-state index >= 15 is 0 Å². The maximum atomic E-state index is 4.47. The lowest BCUT2D eigenvalue weighted by Crippen LogP contribution is -2.30. The minimum atomic E-state index is 0.154. The summed E-state index contributed by atoms with van der Waals surface area (Å²) in [5, 5.41) is 9.85. The first-order chi connectivity index (χ1) is 12.4. The Morgan fingerprint density at radius 2 is 1.62 bits per heavy atom. The van der Waals surface area contributed by atoms with Gasteiger partial charge < -0.3 is 4.90 Å². The minimum Gasteiger partial charge on any atom is -0.344 e. The van der Waals surface area contributed by atoms with Crippen LogP contribution in [0.2, 0.25) is 0 Å². The predicted molar refractivity (Wildman–Crippen MR) is 109 cm³/mol.